The zero-order valence-electron chi connectivity index (χ0n) is 18.1. The van der Waals surface area contributed by atoms with Gasteiger partial charge in [-0.2, -0.15) is 4.98 Å². The molecule has 0 unspecified atom stereocenters. The minimum Gasteiger partial charge on any atom is -0.493 e. The maximum absolute atomic E-state index is 13.0. The Morgan fingerprint density at radius 1 is 1.13 bits per heavy atom. The first-order valence-electron chi connectivity index (χ1n) is 9.90. The molecule has 9 heteroatoms. The molecule has 3 aromatic heterocycles. The summed E-state index contributed by atoms with van der Waals surface area (Å²) in [7, 11) is 4.84. The molecular formula is C22H25N5O4. The molecule has 0 fully saturated rings. The number of methoxy groups -OCH3 is 2. The molecule has 0 N–H and O–H groups in total. The molecule has 4 aromatic rings. The Bertz CT molecular complexity index is 1420. The molecule has 3 heterocycles. The summed E-state index contributed by atoms with van der Waals surface area (Å²) in [5.74, 6) is 1.98. The summed E-state index contributed by atoms with van der Waals surface area (Å²) in [6, 6.07) is 5.83. The van der Waals surface area contributed by atoms with Crippen molar-refractivity contribution >= 4 is 16.9 Å². The van der Waals surface area contributed by atoms with Crippen LogP contribution < -0.4 is 20.7 Å². The van der Waals surface area contributed by atoms with Crippen molar-refractivity contribution in [2.45, 2.75) is 26.4 Å². The van der Waals surface area contributed by atoms with Gasteiger partial charge in [0.15, 0.2) is 22.7 Å². The third-order valence-electron chi connectivity index (χ3n) is 5.52. The summed E-state index contributed by atoms with van der Waals surface area (Å²) >= 11 is 0. The van der Waals surface area contributed by atoms with Crippen LogP contribution in [-0.4, -0.2) is 37.3 Å². The highest BCUT2D eigenvalue weighted by atomic mass is 16.5. The maximum atomic E-state index is 13.0. The van der Waals surface area contributed by atoms with Crippen molar-refractivity contribution in [3.63, 3.8) is 0 Å². The highest BCUT2D eigenvalue weighted by Gasteiger charge is 2.19. The summed E-state index contributed by atoms with van der Waals surface area (Å²) in [5.41, 5.74) is 2.01. The fraction of sp³-hybridized carbons (Fsp3) is 0.318. The van der Waals surface area contributed by atoms with E-state index in [-0.39, 0.29) is 12.1 Å². The van der Waals surface area contributed by atoms with Gasteiger partial charge in [0.25, 0.3) is 5.56 Å². The summed E-state index contributed by atoms with van der Waals surface area (Å²) in [6.07, 6.45) is 4.14. The van der Waals surface area contributed by atoms with Crippen LogP contribution in [0.25, 0.3) is 16.9 Å². The van der Waals surface area contributed by atoms with Crippen molar-refractivity contribution in [1.82, 2.24) is 23.1 Å². The van der Waals surface area contributed by atoms with Gasteiger partial charge in [-0.3, -0.25) is 18.3 Å². The zero-order valence-corrected chi connectivity index (χ0v) is 18.1. The van der Waals surface area contributed by atoms with Crippen molar-refractivity contribution in [3.05, 3.63) is 69.1 Å². The lowest BCUT2D eigenvalue weighted by Crippen LogP contribution is -2.39. The maximum Gasteiger partial charge on any atom is 0.332 e. The third kappa shape index (κ3) is 3.22. The Labute approximate surface area is 178 Å². The Kier molecular flexibility index (Phi) is 5.18. The number of aromatic nitrogens is 5. The molecule has 0 radical (unpaired) electrons. The number of hydrogen-bond donors (Lipinski definition) is 0. The van der Waals surface area contributed by atoms with E-state index in [1.54, 1.807) is 25.7 Å². The van der Waals surface area contributed by atoms with Gasteiger partial charge < -0.3 is 14.0 Å². The Balaban J connectivity index is 1.79. The summed E-state index contributed by atoms with van der Waals surface area (Å²) in [4.78, 5) is 30.2. The lowest BCUT2D eigenvalue weighted by atomic mass is 10.1. The van der Waals surface area contributed by atoms with E-state index in [1.807, 2.05) is 35.9 Å². The van der Waals surface area contributed by atoms with Gasteiger partial charge in [-0.15, -0.1) is 6.58 Å². The predicted octanol–water partition coefficient (Wildman–Crippen LogP) is 1.90. The van der Waals surface area contributed by atoms with Crippen molar-refractivity contribution in [2.75, 3.05) is 14.2 Å². The second-order valence-corrected chi connectivity index (χ2v) is 7.36. The molecule has 0 aliphatic heterocycles. The number of ether oxygens (including phenoxy) is 2. The summed E-state index contributed by atoms with van der Waals surface area (Å²) in [5, 5.41) is 0. The van der Waals surface area contributed by atoms with E-state index < -0.39 is 5.69 Å². The minimum absolute atomic E-state index is 0.147. The number of imidazole rings is 2. The predicted molar refractivity (Wildman–Crippen MR) is 118 cm³/mol. The number of fused-ring (bicyclic) bond motifs is 3. The number of aryl methyl sites for hydroxylation is 4. The minimum atomic E-state index is -0.410. The fourth-order valence-corrected chi connectivity index (χ4v) is 3.90. The topological polar surface area (TPSA) is 84.7 Å². The van der Waals surface area contributed by atoms with Crippen LogP contribution in [0.3, 0.4) is 0 Å². The highest BCUT2D eigenvalue weighted by molar-refractivity contribution is 5.75. The largest absolute Gasteiger partial charge is 0.493 e. The van der Waals surface area contributed by atoms with Gasteiger partial charge in [0.2, 0.25) is 5.78 Å². The van der Waals surface area contributed by atoms with Crippen molar-refractivity contribution in [2.24, 2.45) is 7.05 Å². The number of nitrogens with zero attached hydrogens (tertiary/aromatic N) is 5. The molecule has 0 aliphatic carbocycles. The van der Waals surface area contributed by atoms with E-state index >= 15 is 0 Å². The second-order valence-electron chi connectivity index (χ2n) is 7.36. The van der Waals surface area contributed by atoms with Crippen molar-refractivity contribution < 1.29 is 9.47 Å². The standard InChI is InChI=1S/C22H25N5O4/c1-6-10-26-20(28)18-19(24(3)22(26)29)23-21-25(14(2)13-27(18)21)11-9-15-7-8-16(30-4)17(12-15)31-5/h6-8,12-13H,1,9-11H2,2-5H3. The van der Waals surface area contributed by atoms with Crippen LogP contribution in [0.5, 0.6) is 11.5 Å². The average molecular weight is 423 g/mol. The third-order valence-corrected chi connectivity index (χ3v) is 5.52. The first-order chi connectivity index (χ1) is 14.9. The molecule has 4 rings (SSSR count). The first kappa shape index (κ1) is 20.5. The lowest BCUT2D eigenvalue weighted by Gasteiger charge is -2.10. The van der Waals surface area contributed by atoms with E-state index in [2.05, 4.69) is 11.6 Å². The molecule has 0 saturated carbocycles. The van der Waals surface area contributed by atoms with Crippen LogP contribution in [0.2, 0.25) is 0 Å². The molecule has 0 saturated heterocycles. The molecule has 0 aliphatic rings. The van der Waals surface area contributed by atoms with E-state index in [9.17, 15) is 9.59 Å². The van der Waals surface area contributed by atoms with E-state index in [0.29, 0.717) is 35.0 Å². The molecular weight excluding hydrogens is 398 g/mol. The molecule has 31 heavy (non-hydrogen) atoms. The molecule has 162 valence electrons. The van der Waals surface area contributed by atoms with Gasteiger partial charge in [-0.05, 0) is 31.0 Å². The molecule has 0 bridgehead atoms. The highest BCUT2D eigenvalue weighted by Crippen LogP contribution is 2.28. The van der Waals surface area contributed by atoms with Gasteiger partial charge in [0, 0.05) is 32.0 Å². The molecule has 9 nitrogen and oxygen atoms in total. The van der Waals surface area contributed by atoms with E-state index in [1.165, 1.54) is 15.2 Å². The molecule has 1 aromatic carbocycles. The number of rotatable bonds is 7. The fourth-order valence-electron chi connectivity index (χ4n) is 3.90. The number of benzene rings is 1. The Morgan fingerprint density at radius 2 is 1.87 bits per heavy atom. The smallest absolute Gasteiger partial charge is 0.332 e. The van der Waals surface area contributed by atoms with Gasteiger partial charge >= 0.3 is 5.69 Å². The van der Waals surface area contributed by atoms with E-state index in [4.69, 9.17) is 9.47 Å². The van der Waals surface area contributed by atoms with Crippen LogP contribution >= 0.6 is 0 Å². The lowest BCUT2D eigenvalue weighted by molar-refractivity contribution is 0.354. The molecule has 0 amide bonds. The van der Waals surface area contributed by atoms with Gasteiger partial charge in [-0.1, -0.05) is 12.1 Å². The molecule has 0 atom stereocenters. The summed E-state index contributed by atoms with van der Waals surface area (Å²) in [6.45, 7) is 6.41. The SMILES string of the molecule is C=CCn1c(=O)c2c(nc3n(CCc4ccc(OC)c(OC)c4)c(C)cn23)n(C)c1=O. The number of allylic oxidation sites excluding steroid dienone is 1. The van der Waals surface area contributed by atoms with Crippen LogP contribution in [0, 0.1) is 6.92 Å². The second kappa shape index (κ2) is 7.82. The van der Waals surface area contributed by atoms with Crippen LogP contribution in [0.15, 0.2) is 46.6 Å². The molecule has 0 spiro atoms. The first-order valence-corrected chi connectivity index (χ1v) is 9.90. The zero-order chi connectivity index (χ0) is 22.3. The van der Waals surface area contributed by atoms with Crippen molar-refractivity contribution in [1.29, 1.82) is 0 Å². The number of hydrogen-bond acceptors (Lipinski definition) is 5. The average Bonchev–Trinajstić information content (AvgIpc) is 3.28. The van der Waals surface area contributed by atoms with Gasteiger partial charge in [-0.25, -0.2) is 4.79 Å². The monoisotopic (exact) mass is 423 g/mol. The Morgan fingerprint density at radius 3 is 2.55 bits per heavy atom. The summed E-state index contributed by atoms with van der Waals surface area (Å²) < 4.78 is 17.1. The van der Waals surface area contributed by atoms with Gasteiger partial charge in [0.05, 0.1) is 14.2 Å². The van der Waals surface area contributed by atoms with Crippen LogP contribution in [0.4, 0.5) is 0 Å². The van der Waals surface area contributed by atoms with Crippen molar-refractivity contribution in [3.8, 4) is 11.5 Å². The van der Waals surface area contributed by atoms with Crippen LogP contribution in [0.1, 0.15) is 11.3 Å². The van der Waals surface area contributed by atoms with Gasteiger partial charge in [0.1, 0.15) is 0 Å². The quantitative estimate of drug-likeness (QED) is 0.424. The Hall–Kier alpha value is -3.75. The van der Waals surface area contributed by atoms with Crippen LogP contribution in [-0.2, 0) is 26.6 Å². The van der Waals surface area contributed by atoms with E-state index in [0.717, 1.165) is 17.7 Å². The normalized spacial score (nSPS) is 11.4.